The quantitative estimate of drug-likeness (QED) is 0.755. The van der Waals surface area contributed by atoms with Crippen LogP contribution < -0.4 is 0 Å². The highest BCUT2D eigenvalue weighted by Crippen LogP contribution is 2.16. The van der Waals surface area contributed by atoms with Crippen molar-refractivity contribution in [3.63, 3.8) is 0 Å². The first kappa shape index (κ1) is 11.2. The number of hydrogen-bond donors (Lipinski definition) is 0. The largest absolute Gasteiger partial charge is 0.377 e. The number of nitriles is 1. The van der Waals surface area contributed by atoms with Crippen molar-refractivity contribution >= 4 is 15.9 Å². The van der Waals surface area contributed by atoms with E-state index in [2.05, 4.69) is 22.0 Å². The molecule has 0 N–H and O–H groups in total. The van der Waals surface area contributed by atoms with Crippen LogP contribution in [0.3, 0.4) is 0 Å². The van der Waals surface area contributed by atoms with E-state index in [-0.39, 0.29) is 0 Å². The Morgan fingerprint density at radius 3 is 2.86 bits per heavy atom. The van der Waals surface area contributed by atoms with E-state index in [1.54, 1.807) is 0 Å². The lowest BCUT2D eigenvalue weighted by Gasteiger charge is -2.04. The second-order valence-corrected chi connectivity index (χ2v) is 3.76. The Labute approximate surface area is 92.6 Å². The van der Waals surface area contributed by atoms with Crippen LogP contribution in [-0.4, -0.2) is 6.61 Å². The molecule has 0 aliphatic carbocycles. The number of halogens is 1. The SMILES string of the molecule is N#CCCCOCc1ccccc1Br. The number of hydrogen-bond acceptors (Lipinski definition) is 2. The molecule has 0 amide bonds. The van der Waals surface area contributed by atoms with Crippen LogP contribution in [0.25, 0.3) is 0 Å². The number of ether oxygens (including phenoxy) is 1. The highest BCUT2D eigenvalue weighted by molar-refractivity contribution is 9.10. The summed E-state index contributed by atoms with van der Waals surface area (Å²) in [5, 5.41) is 8.31. The van der Waals surface area contributed by atoms with Gasteiger partial charge in [0.05, 0.1) is 12.7 Å². The Kier molecular flexibility index (Phi) is 5.28. The smallest absolute Gasteiger partial charge is 0.0727 e. The van der Waals surface area contributed by atoms with Gasteiger partial charge < -0.3 is 4.74 Å². The van der Waals surface area contributed by atoms with Crippen LogP contribution in [0, 0.1) is 11.3 Å². The van der Waals surface area contributed by atoms with Crippen LogP contribution in [0.5, 0.6) is 0 Å². The molecule has 0 saturated carbocycles. The number of benzene rings is 1. The second-order valence-electron chi connectivity index (χ2n) is 2.91. The van der Waals surface area contributed by atoms with Gasteiger partial charge >= 0.3 is 0 Å². The van der Waals surface area contributed by atoms with Crippen molar-refractivity contribution in [1.82, 2.24) is 0 Å². The average Bonchev–Trinajstić information content (AvgIpc) is 2.20. The lowest BCUT2D eigenvalue weighted by Crippen LogP contribution is -1.95. The molecule has 0 fully saturated rings. The molecule has 2 nitrogen and oxygen atoms in total. The van der Waals surface area contributed by atoms with Gasteiger partial charge in [-0.3, -0.25) is 0 Å². The summed E-state index contributed by atoms with van der Waals surface area (Å²) in [6.45, 7) is 1.25. The zero-order valence-electron chi connectivity index (χ0n) is 7.87. The van der Waals surface area contributed by atoms with Crippen LogP contribution >= 0.6 is 15.9 Å². The van der Waals surface area contributed by atoms with Gasteiger partial charge in [0.2, 0.25) is 0 Å². The summed E-state index contributed by atoms with van der Waals surface area (Å²) in [6.07, 6.45) is 1.37. The fourth-order valence-electron chi connectivity index (χ4n) is 1.05. The lowest BCUT2D eigenvalue weighted by atomic mass is 10.2. The van der Waals surface area contributed by atoms with Crippen LogP contribution in [0.2, 0.25) is 0 Å². The van der Waals surface area contributed by atoms with Gasteiger partial charge in [0.25, 0.3) is 0 Å². The summed E-state index contributed by atoms with van der Waals surface area (Å²) >= 11 is 3.45. The van der Waals surface area contributed by atoms with E-state index < -0.39 is 0 Å². The highest BCUT2D eigenvalue weighted by atomic mass is 79.9. The summed E-state index contributed by atoms with van der Waals surface area (Å²) in [7, 11) is 0. The van der Waals surface area contributed by atoms with Crippen LogP contribution in [0.4, 0.5) is 0 Å². The Balaban J connectivity index is 2.25. The third kappa shape index (κ3) is 3.91. The number of unbranched alkanes of at least 4 members (excludes halogenated alkanes) is 1. The molecule has 0 heterocycles. The molecule has 0 aliphatic rings. The van der Waals surface area contributed by atoms with E-state index in [1.807, 2.05) is 24.3 Å². The average molecular weight is 254 g/mol. The van der Waals surface area contributed by atoms with Crippen LogP contribution in [0.1, 0.15) is 18.4 Å². The fourth-order valence-corrected chi connectivity index (χ4v) is 1.45. The molecule has 0 atom stereocenters. The van der Waals surface area contributed by atoms with Crippen LogP contribution in [0.15, 0.2) is 28.7 Å². The molecular weight excluding hydrogens is 242 g/mol. The Bertz CT molecular complexity index is 319. The summed E-state index contributed by atoms with van der Waals surface area (Å²) in [5.74, 6) is 0. The molecule has 0 aliphatic heterocycles. The predicted molar refractivity (Wildman–Crippen MR) is 58.6 cm³/mol. The van der Waals surface area contributed by atoms with E-state index in [0.717, 1.165) is 16.5 Å². The van der Waals surface area contributed by atoms with Crippen molar-refractivity contribution in [2.24, 2.45) is 0 Å². The summed E-state index contributed by atoms with van der Waals surface area (Å²) < 4.78 is 6.49. The Morgan fingerprint density at radius 1 is 1.36 bits per heavy atom. The summed E-state index contributed by atoms with van der Waals surface area (Å²) in [5.41, 5.74) is 1.14. The Hall–Kier alpha value is -0.850. The summed E-state index contributed by atoms with van der Waals surface area (Å²) in [4.78, 5) is 0. The topological polar surface area (TPSA) is 33.0 Å². The molecule has 0 unspecified atom stereocenters. The van der Waals surface area contributed by atoms with Gasteiger partial charge in [-0.25, -0.2) is 0 Å². The standard InChI is InChI=1S/C11H12BrNO/c12-11-6-2-1-5-10(11)9-14-8-4-3-7-13/h1-2,5-6H,3-4,8-9H2. The molecule has 1 aromatic rings. The molecule has 0 bridgehead atoms. The first-order chi connectivity index (χ1) is 6.84. The zero-order valence-corrected chi connectivity index (χ0v) is 9.46. The lowest BCUT2D eigenvalue weighted by molar-refractivity contribution is 0.119. The van der Waals surface area contributed by atoms with Gasteiger partial charge in [0, 0.05) is 17.5 Å². The fraction of sp³-hybridized carbons (Fsp3) is 0.364. The summed E-state index contributed by atoms with van der Waals surface area (Å²) in [6, 6.07) is 10.1. The van der Waals surface area contributed by atoms with E-state index >= 15 is 0 Å². The van der Waals surface area contributed by atoms with Crippen molar-refractivity contribution in [2.75, 3.05) is 6.61 Å². The first-order valence-electron chi connectivity index (χ1n) is 4.52. The molecular formula is C11H12BrNO. The minimum atomic E-state index is 0.565. The van der Waals surface area contributed by atoms with Gasteiger partial charge in [-0.15, -0.1) is 0 Å². The van der Waals surface area contributed by atoms with Crippen molar-refractivity contribution < 1.29 is 4.74 Å². The molecule has 0 aromatic heterocycles. The monoisotopic (exact) mass is 253 g/mol. The van der Waals surface area contributed by atoms with E-state index in [9.17, 15) is 0 Å². The molecule has 0 radical (unpaired) electrons. The second kappa shape index (κ2) is 6.58. The molecule has 1 aromatic carbocycles. The van der Waals surface area contributed by atoms with Gasteiger partial charge in [0.1, 0.15) is 0 Å². The zero-order chi connectivity index (χ0) is 10.2. The predicted octanol–water partition coefficient (Wildman–Crippen LogP) is 3.27. The minimum Gasteiger partial charge on any atom is -0.377 e. The number of rotatable bonds is 5. The normalized spacial score (nSPS) is 9.71. The van der Waals surface area contributed by atoms with Crippen molar-refractivity contribution in [2.45, 2.75) is 19.4 Å². The molecule has 74 valence electrons. The first-order valence-corrected chi connectivity index (χ1v) is 5.32. The van der Waals surface area contributed by atoms with E-state index in [1.165, 1.54) is 0 Å². The van der Waals surface area contributed by atoms with Gasteiger partial charge in [-0.1, -0.05) is 34.1 Å². The molecule has 14 heavy (non-hydrogen) atoms. The molecule has 0 saturated heterocycles. The maximum atomic E-state index is 8.31. The highest BCUT2D eigenvalue weighted by Gasteiger charge is 1.97. The van der Waals surface area contributed by atoms with Crippen molar-refractivity contribution in [1.29, 1.82) is 5.26 Å². The molecule has 1 rings (SSSR count). The minimum absolute atomic E-state index is 0.565. The maximum Gasteiger partial charge on any atom is 0.0727 e. The van der Waals surface area contributed by atoms with Crippen molar-refractivity contribution in [3.8, 4) is 6.07 Å². The van der Waals surface area contributed by atoms with Gasteiger partial charge in [0.15, 0.2) is 0 Å². The van der Waals surface area contributed by atoms with Crippen LogP contribution in [-0.2, 0) is 11.3 Å². The third-order valence-corrected chi connectivity index (χ3v) is 2.57. The molecule has 0 spiro atoms. The van der Waals surface area contributed by atoms with Crippen molar-refractivity contribution in [3.05, 3.63) is 34.3 Å². The van der Waals surface area contributed by atoms with E-state index in [0.29, 0.717) is 19.6 Å². The van der Waals surface area contributed by atoms with E-state index in [4.69, 9.17) is 10.00 Å². The van der Waals surface area contributed by atoms with Gasteiger partial charge in [-0.05, 0) is 18.1 Å². The third-order valence-electron chi connectivity index (χ3n) is 1.79. The number of nitrogens with zero attached hydrogens (tertiary/aromatic N) is 1. The van der Waals surface area contributed by atoms with Gasteiger partial charge in [-0.2, -0.15) is 5.26 Å². The Morgan fingerprint density at radius 2 is 2.14 bits per heavy atom. The maximum absolute atomic E-state index is 8.31. The molecule has 3 heteroatoms.